The summed E-state index contributed by atoms with van der Waals surface area (Å²) >= 11 is 14.9. The van der Waals surface area contributed by atoms with Crippen molar-refractivity contribution >= 4 is 46.6 Å². The summed E-state index contributed by atoms with van der Waals surface area (Å²) in [5, 5.41) is 2.78. The maximum Gasteiger partial charge on any atom is 0.244 e. The second-order valence-corrected chi connectivity index (χ2v) is 12.3. The van der Waals surface area contributed by atoms with Gasteiger partial charge in [-0.05, 0) is 83.6 Å². The molecule has 210 valence electrons. The summed E-state index contributed by atoms with van der Waals surface area (Å²) in [5.74, 6) is -2.06. The Bertz CT molecular complexity index is 1680. The zero-order valence-corrected chi connectivity index (χ0v) is 24.4. The molecule has 42 heavy (non-hydrogen) atoms. The van der Waals surface area contributed by atoms with Crippen LogP contribution < -0.4 is 10.1 Å². The number of alkyl halides is 2. The maximum absolute atomic E-state index is 13.9. The molecule has 1 aliphatic heterocycles. The number of nitrogens with one attached hydrogen (secondary N) is 1. The number of imide groups is 1. The van der Waals surface area contributed by atoms with Crippen molar-refractivity contribution in [3.05, 3.63) is 124 Å². The van der Waals surface area contributed by atoms with Crippen LogP contribution in [0.5, 0.6) is 11.5 Å². The SMILES string of the molecule is Cc1ccc(Oc2ccc(NC(=O)CN3C(=O)[C@@H]4[C@H](C3=O)C3(Cl)c5ccccc5C4(Cl)c4ccccc43)cc2)cc1C. The molecule has 3 aliphatic carbocycles. The first-order valence-corrected chi connectivity index (χ1v) is 14.5. The molecule has 1 saturated heterocycles. The number of hydrogen-bond donors (Lipinski definition) is 1. The Morgan fingerprint density at radius 3 is 1.69 bits per heavy atom. The van der Waals surface area contributed by atoms with Gasteiger partial charge >= 0.3 is 0 Å². The molecule has 2 bridgehead atoms. The van der Waals surface area contributed by atoms with Crippen molar-refractivity contribution in [1.82, 2.24) is 4.90 Å². The van der Waals surface area contributed by atoms with Crippen LogP contribution in [0.3, 0.4) is 0 Å². The number of hydrogen-bond acceptors (Lipinski definition) is 4. The number of aryl methyl sites for hydroxylation is 2. The molecule has 8 rings (SSSR count). The molecule has 1 fully saturated rings. The van der Waals surface area contributed by atoms with Gasteiger partial charge in [-0.25, -0.2) is 0 Å². The molecule has 0 aromatic heterocycles. The first kappa shape index (κ1) is 26.7. The van der Waals surface area contributed by atoms with Crippen LogP contribution in [0.2, 0.25) is 0 Å². The van der Waals surface area contributed by atoms with Gasteiger partial charge in [0, 0.05) is 5.69 Å². The smallest absolute Gasteiger partial charge is 0.244 e. The van der Waals surface area contributed by atoms with Crippen LogP contribution in [-0.2, 0) is 24.1 Å². The summed E-state index contributed by atoms with van der Waals surface area (Å²) in [5.41, 5.74) is 5.69. The molecule has 0 radical (unpaired) electrons. The summed E-state index contributed by atoms with van der Waals surface area (Å²) in [6.45, 7) is 3.61. The van der Waals surface area contributed by atoms with E-state index in [1.54, 1.807) is 24.3 Å². The van der Waals surface area contributed by atoms with E-state index >= 15 is 0 Å². The summed E-state index contributed by atoms with van der Waals surface area (Å²) in [6, 6.07) is 27.6. The Labute approximate surface area is 253 Å². The summed E-state index contributed by atoms with van der Waals surface area (Å²) < 4.78 is 5.93. The molecule has 1 heterocycles. The Balaban J connectivity index is 1.13. The Morgan fingerprint density at radius 1 is 0.738 bits per heavy atom. The fourth-order valence-electron chi connectivity index (χ4n) is 6.74. The number of halogens is 2. The molecule has 0 saturated carbocycles. The molecule has 4 aromatic rings. The first-order chi connectivity index (χ1) is 20.1. The van der Waals surface area contributed by atoms with Gasteiger partial charge < -0.3 is 10.1 Å². The van der Waals surface area contributed by atoms with Gasteiger partial charge in [-0.2, -0.15) is 0 Å². The zero-order valence-electron chi connectivity index (χ0n) is 22.9. The van der Waals surface area contributed by atoms with Gasteiger partial charge in [0.25, 0.3) is 0 Å². The molecular weight excluding hydrogens is 571 g/mol. The van der Waals surface area contributed by atoms with Crippen LogP contribution in [0.25, 0.3) is 0 Å². The molecule has 1 N–H and O–H groups in total. The lowest BCUT2D eigenvalue weighted by Gasteiger charge is -2.54. The highest BCUT2D eigenvalue weighted by molar-refractivity contribution is 6.36. The van der Waals surface area contributed by atoms with Crippen LogP contribution in [-0.4, -0.2) is 29.2 Å². The van der Waals surface area contributed by atoms with Crippen LogP contribution >= 0.6 is 23.2 Å². The number of likely N-dealkylation sites (tertiary alicyclic amines) is 1. The topological polar surface area (TPSA) is 75.7 Å². The molecule has 0 spiro atoms. The van der Waals surface area contributed by atoms with E-state index in [9.17, 15) is 14.4 Å². The van der Waals surface area contributed by atoms with Crippen molar-refractivity contribution < 1.29 is 19.1 Å². The summed E-state index contributed by atoms with van der Waals surface area (Å²) in [6.07, 6.45) is 0. The number of carbonyl (C=O) groups excluding carboxylic acids is 3. The van der Waals surface area contributed by atoms with Crippen molar-refractivity contribution in [3.8, 4) is 11.5 Å². The molecule has 4 aliphatic rings. The number of ether oxygens (including phenoxy) is 1. The highest BCUT2D eigenvalue weighted by Gasteiger charge is 2.73. The molecule has 8 heteroatoms. The van der Waals surface area contributed by atoms with Gasteiger partial charge in [0.15, 0.2) is 0 Å². The average molecular weight is 597 g/mol. The van der Waals surface area contributed by atoms with Crippen LogP contribution in [0, 0.1) is 25.7 Å². The van der Waals surface area contributed by atoms with E-state index in [0.29, 0.717) is 11.4 Å². The second-order valence-electron chi connectivity index (χ2n) is 11.2. The van der Waals surface area contributed by atoms with E-state index in [4.69, 9.17) is 27.9 Å². The molecular formula is C34H26Cl2N2O4. The Kier molecular flexibility index (Phi) is 6.02. The lowest BCUT2D eigenvalue weighted by Crippen LogP contribution is -2.57. The standard InChI is InChI=1S/C34H26Cl2N2O4/c1-19-11-14-23(17-20(19)2)42-22-15-12-21(13-16-22)37-28(39)18-38-31(40)29-30(32(38)41)34(36)25-8-4-3-7-24(25)33(29,35)26-9-5-6-10-27(26)34/h3-17,29-30H,18H2,1-2H3,(H,37,39)/t29-,30+,33?,34?. The molecule has 6 nitrogen and oxygen atoms in total. The van der Waals surface area contributed by atoms with Crippen LogP contribution in [0.15, 0.2) is 91.0 Å². The van der Waals surface area contributed by atoms with E-state index < -0.39 is 45.9 Å². The van der Waals surface area contributed by atoms with Gasteiger partial charge in [0.2, 0.25) is 17.7 Å². The molecule has 3 amide bonds. The van der Waals surface area contributed by atoms with Gasteiger partial charge in [0.05, 0.1) is 11.8 Å². The van der Waals surface area contributed by atoms with Crippen molar-refractivity contribution in [2.75, 3.05) is 11.9 Å². The third-order valence-electron chi connectivity index (χ3n) is 8.83. The average Bonchev–Trinajstić information content (AvgIpc) is 3.25. The monoisotopic (exact) mass is 596 g/mol. The molecule has 4 aromatic carbocycles. The van der Waals surface area contributed by atoms with Gasteiger partial charge in [-0.15, -0.1) is 23.2 Å². The number of nitrogens with zero attached hydrogens (tertiary/aromatic N) is 1. The van der Waals surface area contributed by atoms with E-state index in [1.807, 2.05) is 80.6 Å². The normalized spacial score (nSPS) is 25.1. The summed E-state index contributed by atoms with van der Waals surface area (Å²) in [7, 11) is 0. The fraction of sp³-hybridized carbons (Fsp3) is 0.206. The van der Waals surface area contributed by atoms with Crippen LogP contribution in [0.4, 0.5) is 5.69 Å². The molecule has 2 atom stereocenters. The largest absolute Gasteiger partial charge is 0.457 e. The van der Waals surface area contributed by atoms with Crippen molar-refractivity contribution in [3.63, 3.8) is 0 Å². The molecule has 0 unspecified atom stereocenters. The Hall–Kier alpha value is -4.13. The zero-order chi connectivity index (χ0) is 29.4. The third-order valence-corrected chi connectivity index (χ3v) is 10.1. The maximum atomic E-state index is 13.9. The van der Waals surface area contributed by atoms with E-state index in [1.165, 1.54) is 5.56 Å². The number of anilines is 1. The Morgan fingerprint density at radius 2 is 1.21 bits per heavy atom. The van der Waals surface area contributed by atoms with E-state index in [0.717, 1.165) is 38.5 Å². The fourth-order valence-corrected chi connectivity index (χ4v) is 7.84. The van der Waals surface area contributed by atoms with E-state index in [-0.39, 0.29) is 0 Å². The number of benzene rings is 4. The predicted octanol–water partition coefficient (Wildman–Crippen LogP) is 6.63. The number of amides is 3. The number of carbonyl (C=O) groups is 3. The lowest BCUT2D eigenvalue weighted by atomic mass is 9.54. The van der Waals surface area contributed by atoms with Crippen molar-refractivity contribution in [2.45, 2.75) is 23.6 Å². The highest BCUT2D eigenvalue weighted by atomic mass is 35.5. The highest BCUT2D eigenvalue weighted by Crippen LogP contribution is 2.69. The van der Waals surface area contributed by atoms with Gasteiger partial charge in [0.1, 0.15) is 27.8 Å². The summed E-state index contributed by atoms with van der Waals surface area (Å²) in [4.78, 5) is 39.4. The lowest BCUT2D eigenvalue weighted by molar-refractivity contribution is -0.142. The minimum Gasteiger partial charge on any atom is -0.457 e. The van der Waals surface area contributed by atoms with Crippen molar-refractivity contribution in [2.24, 2.45) is 11.8 Å². The minimum atomic E-state index is -1.28. The minimum absolute atomic E-state index is 0.446. The van der Waals surface area contributed by atoms with Crippen LogP contribution in [0.1, 0.15) is 33.4 Å². The van der Waals surface area contributed by atoms with Crippen molar-refractivity contribution in [1.29, 1.82) is 0 Å². The van der Waals surface area contributed by atoms with Gasteiger partial charge in [-0.3, -0.25) is 19.3 Å². The first-order valence-electron chi connectivity index (χ1n) is 13.7. The second kappa shape index (κ2) is 9.45. The van der Waals surface area contributed by atoms with E-state index in [2.05, 4.69) is 5.32 Å². The quantitative estimate of drug-likeness (QED) is 0.207. The number of rotatable bonds is 5. The predicted molar refractivity (Wildman–Crippen MR) is 161 cm³/mol. The van der Waals surface area contributed by atoms with Gasteiger partial charge in [-0.1, -0.05) is 54.6 Å². The third kappa shape index (κ3) is 3.68.